The van der Waals surface area contributed by atoms with E-state index in [1.807, 2.05) is 41.3 Å². The van der Waals surface area contributed by atoms with Gasteiger partial charge in [-0.3, -0.25) is 19.8 Å². The quantitative estimate of drug-likeness (QED) is 0.612. The smallest absolute Gasteiger partial charge is 0.322 e. The van der Waals surface area contributed by atoms with E-state index in [1.54, 1.807) is 12.4 Å². The summed E-state index contributed by atoms with van der Waals surface area (Å²) in [6.45, 7) is 2.31. The third kappa shape index (κ3) is 3.77. The molecular formula is C20H20ClN5O2. The lowest BCUT2D eigenvalue weighted by molar-refractivity contribution is -0.144. The predicted molar refractivity (Wildman–Crippen MR) is 107 cm³/mol. The number of rotatable bonds is 5. The van der Waals surface area contributed by atoms with Crippen LogP contribution in [0.2, 0.25) is 5.02 Å². The van der Waals surface area contributed by atoms with Gasteiger partial charge in [0.15, 0.2) is 0 Å². The predicted octanol–water partition coefficient (Wildman–Crippen LogP) is 2.65. The molecule has 0 radical (unpaired) electrons. The standard InChI is InChI=1S/C20H20ClN5O2/c21-15-3-1-14(2-4-15)19-18(13-5-7-22-8-6-13)16(24-25-19)12-26-10-9-23-11-17(26)20(27)28/h1-8,17,23H,9-12H2,(H,24,25)(H,27,28). The molecule has 4 rings (SSSR count). The van der Waals surface area contributed by atoms with Crippen LogP contribution >= 0.6 is 11.6 Å². The summed E-state index contributed by atoms with van der Waals surface area (Å²) in [6, 6.07) is 10.8. The molecule has 0 spiro atoms. The van der Waals surface area contributed by atoms with E-state index < -0.39 is 12.0 Å². The van der Waals surface area contributed by atoms with Crippen LogP contribution < -0.4 is 5.32 Å². The molecule has 1 saturated heterocycles. The van der Waals surface area contributed by atoms with E-state index in [2.05, 4.69) is 20.5 Å². The number of aromatic nitrogens is 3. The Kier molecular flexibility index (Phi) is 5.38. The van der Waals surface area contributed by atoms with E-state index in [0.29, 0.717) is 24.7 Å². The highest BCUT2D eigenvalue weighted by Crippen LogP contribution is 2.34. The van der Waals surface area contributed by atoms with Crippen molar-refractivity contribution < 1.29 is 9.90 Å². The maximum atomic E-state index is 11.6. The summed E-state index contributed by atoms with van der Waals surface area (Å²) < 4.78 is 0. The third-order valence-corrected chi connectivity index (χ3v) is 5.18. The summed E-state index contributed by atoms with van der Waals surface area (Å²) in [5.74, 6) is -0.824. The van der Waals surface area contributed by atoms with Crippen LogP contribution in [0, 0.1) is 0 Å². The van der Waals surface area contributed by atoms with Crippen LogP contribution in [0.5, 0.6) is 0 Å². The first-order valence-corrected chi connectivity index (χ1v) is 9.42. The number of carboxylic acids is 1. The molecule has 144 valence electrons. The zero-order valence-electron chi connectivity index (χ0n) is 15.1. The van der Waals surface area contributed by atoms with E-state index >= 15 is 0 Å². The number of nitrogens with zero attached hydrogens (tertiary/aromatic N) is 3. The van der Waals surface area contributed by atoms with Gasteiger partial charge in [-0.1, -0.05) is 23.7 Å². The summed E-state index contributed by atoms with van der Waals surface area (Å²) in [7, 11) is 0. The number of H-pyrrole nitrogens is 1. The number of nitrogens with one attached hydrogen (secondary N) is 2. The van der Waals surface area contributed by atoms with Gasteiger partial charge in [0.2, 0.25) is 0 Å². The van der Waals surface area contributed by atoms with Crippen LogP contribution in [0.25, 0.3) is 22.4 Å². The second kappa shape index (κ2) is 8.10. The highest BCUT2D eigenvalue weighted by atomic mass is 35.5. The van der Waals surface area contributed by atoms with Crippen molar-refractivity contribution in [1.29, 1.82) is 0 Å². The minimum Gasteiger partial charge on any atom is -0.480 e. The molecule has 3 aromatic rings. The monoisotopic (exact) mass is 397 g/mol. The Morgan fingerprint density at radius 2 is 1.93 bits per heavy atom. The van der Waals surface area contributed by atoms with Crippen LogP contribution in [-0.2, 0) is 11.3 Å². The number of aromatic amines is 1. The molecule has 1 aliphatic rings. The first-order chi connectivity index (χ1) is 13.6. The first-order valence-electron chi connectivity index (χ1n) is 9.04. The van der Waals surface area contributed by atoms with Crippen molar-refractivity contribution in [3.05, 3.63) is 59.5 Å². The average molecular weight is 398 g/mol. The molecule has 1 unspecified atom stereocenters. The van der Waals surface area contributed by atoms with Gasteiger partial charge in [-0.2, -0.15) is 5.10 Å². The molecule has 0 amide bonds. The molecule has 3 heterocycles. The number of halogens is 1. The second-order valence-corrected chi connectivity index (χ2v) is 7.13. The number of hydrogen-bond donors (Lipinski definition) is 3. The van der Waals surface area contributed by atoms with Crippen LogP contribution in [-0.4, -0.2) is 56.8 Å². The van der Waals surface area contributed by atoms with Gasteiger partial charge in [0.1, 0.15) is 11.7 Å². The Morgan fingerprint density at radius 3 is 2.64 bits per heavy atom. The zero-order chi connectivity index (χ0) is 19.5. The van der Waals surface area contributed by atoms with Crippen molar-refractivity contribution >= 4 is 17.6 Å². The number of aliphatic carboxylic acids is 1. The molecule has 1 atom stereocenters. The summed E-state index contributed by atoms with van der Waals surface area (Å²) in [5, 5.41) is 21.0. The van der Waals surface area contributed by atoms with Gasteiger partial charge in [-0.15, -0.1) is 0 Å². The van der Waals surface area contributed by atoms with Gasteiger partial charge in [0.05, 0.1) is 5.69 Å². The molecule has 0 aliphatic carbocycles. The third-order valence-electron chi connectivity index (χ3n) is 4.93. The van der Waals surface area contributed by atoms with Crippen molar-refractivity contribution in [2.24, 2.45) is 0 Å². The highest BCUT2D eigenvalue weighted by Gasteiger charge is 2.30. The Labute approximate surface area is 167 Å². The maximum absolute atomic E-state index is 11.6. The second-order valence-electron chi connectivity index (χ2n) is 6.70. The Balaban J connectivity index is 1.75. The molecular weight excluding hydrogens is 378 g/mol. The number of carboxylic acid groups (broad SMARTS) is 1. The number of piperazine rings is 1. The summed E-state index contributed by atoms with van der Waals surface area (Å²) in [5.41, 5.74) is 4.55. The van der Waals surface area contributed by atoms with Gasteiger partial charge in [-0.05, 0) is 29.8 Å². The topological polar surface area (TPSA) is 94.1 Å². The number of benzene rings is 1. The van der Waals surface area contributed by atoms with Gasteiger partial charge < -0.3 is 10.4 Å². The molecule has 0 bridgehead atoms. The van der Waals surface area contributed by atoms with Crippen molar-refractivity contribution in [2.75, 3.05) is 19.6 Å². The Morgan fingerprint density at radius 1 is 1.18 bits per heavy atom. The molecule has 28 heavy (non-hydrogen) atoms. The molecule has 3 N–H and O–H groups in total. The fourth-order valence-electron chi connectivity index (χ4n) is 3.52. The number of hydrogen-bond acceptors (Lipinski definition) is 5. The van der Waals surface area contributed by atoms with Crippen LogP contribution in [0.4, 0.5) is 0 Å². The molecule has 2 aromatic heterocycles. The molecule has 7 nitrogen and oxygen atoms in total. The maximum Gasteiger partial charge on any atom is 0.322 e. The number of pyridine rings is 1. The van der Waals surface area contributed by atoms with E-state index in [4.69, 9.17) is 11.6 Å². The molecule has 0 saturated carbocycles. The zero-order valence-corrected chi connectivity index (χ0v) is 15.9. The Bertz CT molecular complexity index is 958. The average Bonchev–Trinajstić information content (AvgIpc) is 3.13. The van der Waals surface area contributed by atoms with Gasteiger partial charge >= 0.3 is 5.97 Å². The van der Waals surface area contributed by atoms with Crippen molar-refractivity contribution in [1.82, 2.24) is 25.4 Å². The molecule has 1 aliphatic heterocycles. The van der Waals surface area contributed by atoms with Crippen LogP contribution in [0.1, 0.15) is 5.69 Å². The summed E-state index contributed by atoms with van der Waals surface area (Å²) >= 11 is 6.03. The van der Waals surface area contributed by atoms with Crippen LogP contribution in [0.15, 0.2) is 48.8 Å². The first kappa shape index (κ1) is 18.6. The minimum absolute atomic E-state index is 0.429. The summed E-state index contributed by atoms with van der Waals surface area (Å²) in [4.78, 5) is 17.7. The van der Waals surface area contributed by atoms with Gasteiger partial charge in [0.25, 0.3) is 0 Å². The minimum atomic E-state index is -0.824. The summed E-state index contributed by atoms with van der Waals surface area (Å²) in [6.07, 6.45) is 3.48. The van der Waals surface area contributed by atoms with Gasteiger partial charge in [0, 0.05) is 54.7 Å². The van der Waals surface area contributed by atoms with Crippen LogP contribution in [0.3, 0.4) is 0 Å². The SMILES string of the molecule is O=C(O)C1CNCCN1Cc1[nH]nc(-c2ccc(Cl)cc2)c1-c1ccncc1. The fourth-order valence-corrected chi connectivity index (χ4v) is 3.65. The van der Waals surface area contributed by atoms with E-state index in [-0.39, 0.29) is 0 Å². The fraction of sp³-hybridized carbons (Fsp3) is 0.250. The normalized spacial score (nSPS) is 17.5. The molecule has 1 aromatic carbocycles. The van der Waals surface area contributed by atoms with Crippen molar-refractivity contribution in [3.63, 3.8) is 0 Å². The lowest BCUT2D eigenvalue weighted by Gasteiger charge is -2.33. The molecule has 1 fully saturated rings. The van der Waals surface area contributed by atoms with E-state index in [0.717, 1.165) is 34.6 Å². The largest absolute Gasteiger partial charge is 0.480 e. The molecule has 8 heteroatoms. The Hall–Kier alpha value is -2.74. The van der Waals surface area contributed by atoms with Crippen molar-refractivity contribution in [3.8, 4) is 22.4 Å². The lowest BCUT2D eigenvalue weighted by atomic mass is 9.99. The van der Waals surface area contributed by atoms with E-state index in [1.165, 1.54) is 0 Å². The van der Waals surface area contributed by atoms with Crippen molar-refractivity contribution in [2.45, 2.75) is 12.6 Å². The highest BCUT2D eigenvalue weighted by molar-refractivity contribution is 6.30. The van der Waals surface area contributed by atoms with E-state index in [9.17, 15) is 9.90 Å². The lowest BCUT2D eigenvalue weighted by Crippen LogP contribution is -2.54. The number of carbonyl (C=O) groups is 1. The van der Waals surface area contributed by atoms with Gasteiger partial charge in [-0.25, -0.2) is 0 Å².